The van der Waals surface area contributed by atoms with Crippen LogP contribution in [0.4, 0.5) is 4.39 Å². The van der Waals surface area contributed by atoms with Gasteiger partial charge in [-0.25, -0.2) is 4.39 Å². The van der Waals surface area contributed by atoms with Gasteiger partial charge in [0.15, 0.2) is 11.6 Å². The molecule has 7 heteroatoms. The Balaban J connectivity index is 1.89. The van der Waals surface area contributed by atoms with Gasteiger partial charge in [0.05, 0.1) is 24.4 Å². The second-order valence-electron chi connectivity index (χ2n) is 9.29. The average molecular weight is 479 g/mol. The molecule has 0 aliphatic carbocycles. The molecule has 176 valence electrons. The molecule has 1 N–H and O–H groups in total. The maximum atomic E-state index is 14.6. The molecule has 2 aliphatic heterocycles. The number of ether oxygens (including phenoxy) is 1. The number of hydrogen-bond acceptors (Lipinski definition) is 5. The van der Waals surface area contributed by atoms with Crippen molar-refractivity contribution in [1.29, 1.82) is 0 Å². The zero-order chi connectivity index (χ0) is 24.6. The van der Waals surface area contributed by atoms with E-state index in [0.717, 1.165) is 33.0 Å². The number of carboxylic acid groups (broad SMARTS) is 1. The van der Waals surface area contributed by atoms with Crippen molar-refractivity contribution in [3.63, 3.8) is 0 Å². The lowest BCUT2D eigenvalue weighted by atomic mass is 9.76. The lowest BCUT2D eigenvalue weighted by Gasteiger charge is -2.27. The number of nitrogens with zero attached hydrogens (tertiary/aromatic N) is 2. The Morgan fingerprint density at radius 2 is 1.79 bits per heavy atom. The molecule has 0 radical (unpaired) electrons. The van der Waals surface area contributed by atoms with Crippen LogP contribution in [0.15, 0.2) is 63.1 Å². The van der Waals surface area contributed by atoms with Crippen molar-refractivity contribution in [2.45, 2.75) is 33.1 Å². The number of halogens is 1. The zero-order valence-electron chi connectivity index (χ0n) is 19.8. The van der Waals surface area contributed by atoms with Gasteiger partial charge in [0, 0.05) is 29.3 Å². The molecule has 34 heavy (non-hydrogen) atoms. The van der Waals surface area contributed by atoms with E-state index in [1.807, 2.05) is 57.5 Å². The lowest BCUT2D eigenvalue weighted by molar-refractivity contribution is -0.141. The Morgan fingerprint density at radius 3 is 2.35 bits per heavy atom. The predicted molar refractivity (Wildman–Crippen MR) is 137 cm³/mol. The Morgan fingerprint density at radius 1 is 1.12 bits per heavy atom. The molecule has 5 nitrogen and oxygen atoms in total. The number of carboxylic acids is 1. The van der Waals surface area contributed by atoms with Gasteiger partial charge in [0.1, 0.15) is 5.03 Å². The topological polar surface area (TPSA) is 71.2 Å². The summed E-state index contributed by atoms with van der Waals surface area (Å²) in [6, 6.07) is 12.4. The molecule has 2 aromatic carbocycles. The molecule has 0 fully saturated rings. The van der Waals surface area contributed by atoms with Gasteiger partial charge in [0.2, 0.25) is 0 Å². The van der Waals surface area contributed by atoms with Crippen LogP contribution in [0.3, 0.4) is 0 Å². The largest absolute Gasteiger partial charge is 0.494 e. The third kappa shape index (κ3) is 4.32. The summed E-state index contributed by atoms with van der Waals surface area (Å²) in [6.07, 6.45) is 4.40. The molecular formula is C27H27FN2O3S. The Kier molecular flexibility index (Phi) is 6.49. The summed E-state index contributed by atoms with van der Waals surface area (Å²) in [6.45, 7) is 5.77. The Hall–Kier alpha value is -3.19. The molecule has 0 amide bonds. The van der Waals surface area contributed by atoms with Crippen molar-refractivity contribution >= 4 is 40.9 Å². The third-order valence-corrected chi connectivity index (χ3v) is 6.69. The van der Waals surface area contributed by atoms with E-state index < -0.39 is 23.1 Å². The second kappa shape index (κ2) is 9.22. The first kappa shape index (κ1) is 24.0. The van der Waals surface area contributed by atoms with Crippen LogP contribution in [-0.4, -0.2) is 36.4 Å². The monoisotopic (exact) mass is 478 g/mol. The number of aliphatic carboxylic acids is 1. The number of thioether (sulfide) groups is 1. The summed E-state index contributed by atoms with van der Waals surface area (Å²) in [7, 11) is 1.43. The molecule has 2 aliphatic rings. The molecule has 2 heterocycles. The molecule has 4 rings (SSSR count). The highest BCUT2D eigenvalue weighted by atomic mass is 32.2. The predicted octanol–water partition coefficient (Wildman–Crippen LogP) is 6.42. The van der Waals surface area contributed by atoms with E-state index in [1.165, 1.54) is 24.9 Å². The van der Waals surface area contributed by atoms with Crippen molar-refractivity contribution in [3.8, 4) is 5.75 Å². The molecule has 0 bridgehead atoms. The zero-order valence-corrected chi connectivity index (χ0v) is 20.7. The number of benzene rings is 2. The maximum Gasteiger partial charge on any atom is 0.311 e. The minimum atomic E-state index is -0.852. The highest BCUT2D eigenvalue weighted by molar-refractivity contribution is 8.02. The van der Waals surface area contributed by atoms with Gasteiger partial charge >= 0.3 is 5.97 Å². The van der Waals surface area contributed by atoms with Crippen LogP contribution >= 0.6 is 11.8 Å². The van der Waals surface area contributed by atoms with Crippen molar-refractivity contribution in [1.82, 2.24) is 0 Å². The molecule has 1 atom stereocenters. The minimum Gasteiger partial charge on any atom is -0.494 e. The standard InChI is InChI=1S/C27H27FN2O3S/c1-27(2,3)23(26(31)32)16-8-6-15(7-9-16)21-22-19(12-13-29-25(22)34-5)30-24(21)17-10-11-20(33-4)18(28)14-17/h6-11,13-14,23H,12H2,1-5H3,(H,31,32). The fourth-order valence-electron chi connectivity index (χ4n) is 4.48. The first-order valence-electron chi connectivity index (χ1n) is 11.0. The maximum absolute atomic E-state index is 14.6. The highest BCUT2D eigenvalue weighted by Gasteiger charge is 2.34. The number of aliphatic imine (C=N–C) groups is 2. The average Bonchev–Trinajstić information content (AvgIpc) is 3.18. The van der Waals surface area contributed by atoms with Crippen LogP contribution in [0.5, 0.6) is 5.75 Å². The van der Waals surface area contributed by atoms with Crippen molar-refractivity contribution in [3.05, 3.63) is 75.6 Å². The van der Waals surface area contributed by atoms with E-state index >= 15 is 0 Å². The summed E-state index contributed by atoms with van der Waals surface area (Å²) in [5.41, 5.74) is 5.20. The van der Waals surface area contributed by atoms with E-state index in [9.17, 15) is 14.3 Å². The van der Waals surface area contributed by atoms with E-state index in [2.05, 4.69) is 4.99 Å². The van der Waals surface area contributed by atoms with Gasteiger partial charge in [-0.2, -0.15) is 0 Å². The number of methoxy groups -OCH3 is 1. The van der Waals surface area contributed by atoms with Gasteiger partial charge in [-0.15, -0.1) is 11.8 Å². The summed E-state index contributed by atoms with van der Waals surface area (Å²) < 4.78 is 19.7. The second-order valence-corrected chi connectivity index (χ2v) is 10.1. The Bertz CT molecular complexity index is 1270. The molecule has 0 saturated heterocycles. The van der Waals surface area contributed by atoms with Crippen LogP contribution in [-0.2, 0) is 4.79 Å². The first-order chi connectivity index (χ1) is 16.2. The Labute approximate surface area is 203 Å². The van der Waals surface area contributed by atoms with Gasteiger partial charge in [0.25, 0.3) is 0 Å². The molecule has 0 aromatic heterocycles. The van der Waals surface area contributed by atoms with Crippen molar-refractivity contribution < 1.29 is 19.0 Å². The van der Waals surface area contributed by atoms with E-state index in [4.69, 9.17) is 9.73 Å². The van der Waals surface area contributed by atoms with Crippen LogP contribution in [0.1, 0.15) is 49.8 Å². The third-order valence-electron chi connectivity index (χ3n) is 5.99. The first-order valence-corrected chi connectivity index (χ1v) is 12.2. The SMILES string of the molecule is COc1ccc(C2=C(c3ccc(C(C(=O)O)C(C)(C)C)cc3)C3=C(SC)N=CCC3=N2)cc1F. The minimum absolute atomic E-state index is 0.174. The number of rotatable bonds is 6. The van der Waals surface area contributed by atoms with Gasteiger partial charge in [-0.1, -0.05) is 45.0 Å². The molecule has 0 spiro atoms. The van der Waals surface area contributed by atoms with Crippen molar-refractivity contribution in [2.75, 3.05) is 13.4 Å². The van der Waals surface area contributed by atoms with E-state index in [0.29, 0.717) is 17.7 Å². The van der Waals surface area contributed by atoms with Crippen LogP contribution in [0, 0.1) is 11.2 Å². The number of carbonyl (C=O) groups is 1. The number of hydrogen-bond donors (Lipinski definition) is 1. The summed E-state index contributed by atoms with van der Waals surface area (Å²) in [5.74, 6) is -1.77. The number of allylic oxidation sites excluding steroid dienone is 2. The normalized spacial score (nSPS) is 16.5. The summed E-state index contributed by atoms with van der Waals surface area (Å²) >= 11 is 1.54. The van der Waals surface area contributed by atoms with E-state index in [1.54, 1.807) is 12.1 Å². The molecule has 0 saturated carbocycles. The van der Waals surface area contributed by atoms with Gasteiger partial charge in [-0.3, -0.25) is 14.8 Å². The van der Waals surface area contributed by atoms with Crippen LogP contribution in [0.25, 0.3) is 11.3 Å². The van der Waals surface area contributed by atoms with Gasteiger partial charge < -0.3 is 9.84 Å². The van der Waals surface area contributed by atoms with Crippen molar-refractivity contribution in [2.24, 2.45) is 15.4 Å². The smallest absolute Gasteiger partial charge is 0.311 e. The summed E-state index contributed by atoms with van der Waals surface area (Å²) in [4.78, 5) is 21.4. The quantitative estimate of drug-likeness (QED) is 0.520. The summed E-state index contributed by atoms with van der Waals surface area (Å²) in [5, 5.41) is 10.7. The highest BCUT2D eigenvalue weighted by Crippen LogP contribution is 2.45. The molecule has 2 aromatic rings. The van der Waals surface area contributed by atoms with Crippen LogP contribution in [0.2, 0.25) is 0 Å². The van der Waals surface area contributed by atoms with Gasteiger partial charge in [-0.05, 0) is 41.0 Å². The molecular weight excluding hydrogens is 451 g/mol. The lowest BCUT2D eigenvalue weighted by Crippen LogP contribution is -2.26. The number of fused-ring (bicyclic) bond motifs is 1. The fourth-order valence-corrected chi connectivity index (χ4v) is 5.08. The van der Waals surface area contributed by atoms with E-state index in [-0.39, 0.29) is 5.75 Å². The van der Waals surface area contributed by atoms with Crippen LogP contribution < -0.4 is 4.74 Å². The fraction of sp³-hybridized carbons (Fsp3) is 0.296. The molecule has 1 unspecified atom stereocenters.